The molecule has 4 nitrogen and oxygen atoms in total. The lowest BCUT2D eigenvalue weighted by Gasteiger charge is -2.07. The van der Waals surface area contributed by atoms with Crippen molar-refractivity contribution in [1.29, 1.82) is 0 Å². The lowest BCUT2D eigenvalue weighted by molar-refractivity contribution is 0.0689. The van der Waals surface area contributed by atoms with Gasteiger partial charge in [-0.15, -0.1) is 0 Å². The van der Waals surface area contributed by atoms with Crippen molar-refractivity contribution in [1.82, 2.24) is 4.98 Å². The SMILES string of the molecule is Cc1cc(F)ccc1Oc1cccc(C(=O)O)n1. The highest BCUT2D eigenvalue weighted by Gasteiger charge is 2.08. The summed E-state index contributed by atoms with van der Waals surface area (Å²) in [6, 6.07) is 8.51. The molecule has 0 saturated carbocycles. The molecule has 1 heterocycles. The van der Waals surface area contributed by atoms with E-state index in [4.69, 9.17) is 9.84 Å². The molecule has 0 fully saturated rings. The summed E-state index contributed by atoms with van der Waals surface area (Å²) in [7, 11) is 0. The number of benzene rings is 1. The third-order valence-corrected chi connectivity index (χ3v) is 2.29. The monoisotopic (exact) mass is 247 g/mol. The van der Waals surface area contributed by atoms with E-state index in [1.165, 1.54) is 36.4 Å². The van der Waals surface area contributed by atoms with Crippen LogP contribution in [0, 0.1) is 12.7 Å². The van der Waals surface area contributed by atoms with E-state index in [0.717, 1.165) is 0 Å². The van der Waals surface area contributed by atoms with Gasteiger partial charge in [-0.2, -0.15) is 0 Å². The number of carboxylic acids is 1. The minimum Gasteiger partial charge on any atom is -0.477 e. The Morgan fingerprint density at radius 2 is 2.11 bits per heavy atom. The topological polar surface area (TPSA) is 59.4 Å². The van der Waals surface area contributed by atoms with Crippen molar-refractivity contribution >= 4 is 5.97 Å². The van der Waals surface area contributed by atoms with Gasteiger partial charge in [0.1, 0.15) is 11.6 Å². The number of hydrogen-bond donors (Lipinski definition) is 1. The van der Waals surface area contributed by atoms with Crippen LogP contribution in [0.2, 0.25) is 0 Å². The number of aryl methyl sites for hydroxylation is 1. The van der Waals surface area contributed by atoms with E-state index in [0.29, 0.717) is 11.3 Å². The molecule has 18 heavy (non-hydrogen) atoms. The summed E-state index contributed by atoms with van der Waals surface area (Å²) in [6.45, 7) is 1.69. The van der Waals surface area contributed by atoms with Crippen LogP contribution in [0.5, 0.6) is 11.6 Å². The maximum atomic E-state index is 12.9. The van der Waals surface area contributed by atoms with Gasteiger partial charge in [0.25, 0.3) is 0 Å². The molecule has 0 radical (unpaired) electrons. The minimum atomic E-state index is -1.13. The van der Waals surface area contributed by atoms with Crippen molar-refractivity contribution in [3.63, 3.8) is 0 Å². The lowest BCUT2D eigenvalue weighted by atomic mass is 10.2. The molecule has 0 spiro atoms. The molecule has 0 bridgehead atoms. The fraction of sp³-hybridized carbons (Fsp3) is 0.0769. The van der Waals surface area contributed by atoms with E-state index in [9.17, 15) is 9.18 Å². The molecular weight excluding hydrogens is 237 g/mol. The molecule has 2 aromatic rings. The Bertz CT molecular complexity index is 599. The predicted molar refractivity (Wildman–Crippen MR) is 62.4 cm³/mol. The van der Waals surface area contributed by atoms with Gasteiger partial charge in [0, 0.05) is 6.07 Å². The summed E-state index contributed by atoms with van der Waals surface area (Å²) in [5, 5.41) is 8.80. The average molecular weight is 247 g/mol. The molecule has 0 aliphatic carbocycles. The number of aromatic carboxylic acids is 1. The molecule has 1 N–H and O–H groups in total. The number of halogens is 1. The highest BCUT2D eigenvalue weighted by Crippen LogP contribution is 2.24. The fourth-order valence-corrected chi connectivity index (χ4v) is 1.43. The second-order valence-corrected chi connectivity index (χ2v) is 3.68. The van der Waals surface area contributed by atoms with Gasteiger partial charge in [-0.05, 0) is 36.8 Å². The second kappa shape index (κ2) is 4.83. The maximum absolute atomic E-state index is 12.9. The molecule has 0 unspecified atom stereocenters. The Hall–Kier alpha value is -2.43. The molecule has 0 atom stereocenters. The molecule has 2 rings (SSSR count). The summed E-state index contributed by atoms with van der Waals surface area (Å²) < 4.78 is 18.3. The van der Waals surface area contributed by atoms with Crippen LogP contribution in [0.4, 0.5) is 4.39 Å². The van der Waals surface area contributed by atoms with Gasteiger partial charge < -0.3 is 9.84 Å². The van der Waals surface area contributed by atoms with Crippen LogP contribution < -0.4 is 4.74 Å². The predicted octanol–water partition coefficient (Wildman–Crippen LogP) is 3.02. The molecule has 1 aromatic heterocycles. The van der Waals surface area contributed by atoms with E-state index >= 15 is 0 Å². The van der Waals surface area contributed by atoms with Crippen LogP contribution in [-0.2, 0) is 0 Å². The van der Waals surface area contributed by atoms with Crippen LogP contribution >= 0.6 is 0 Å². The summed E-state index contributed by atoms with van der Waals surface area (Å²) in [4.78, 5) is 14.6. The molecule has 1 aromatic carbocycles. The van der Waals surface area contributed by atoms with Crippen molar-refractivity contribution < 1.29 is 19.0 Å². The number of nitrogens with zero attached hydrogens (tertiary/aromatic N) is 1. The van der Waals surface area contributed by atoms with Crippen LogP contribution in [0.1, 0.15) is 16.1 Å². The average Bonchev–Trinajstić information content (AvgIpc) is 2.33. The van der Waals surface area contributed by atoms with Gasteiger partial charge in [-0.25, -0.2) is 14.2 Å². The van der Waals surface area contributed by atoms with Gasteiger partial charge in [-0.3, -0.25) is 0 Å². The fourth-order valence-electron chi connectivity index (χ4n) is 1.43. The van der Waals surface area contributed by atoms with E-state index in [1.807, 2.05) is 0 Å². The molecule has 0 amide bonds. The van der Waals surface area contributed by atoms with E-state index in [2.05, 4.69) is 4.98 Å². The second-order valence-electron chi connectivity index (χ2n) is 3.68. The lowest BCUT2D eigenvalue weighted by Crippen LogP contribution is -2.01. The van der Waals surface area contributed by atoms with Gasteiger partial charge in [0.2, 0.25) is 5.88 Å². The van der Waals surface area contributed by atoms with E-state index in [-0.39, 0.29) is 17.4 Å². The van der Waals surface area contributed by atoms with Crippen LogP contribution in [-0.4, -0.2) is 16.1 Å². The zero-order chi connectivity index (χ0) is 13.1. The highest BCUT2D eigenvalue weighted by atomic mass is 19.1. The maximum Gasteiger partial charge on any atom is 0.354 e. The van der Waals surface area contributed by atoms with Crippen LogP contribution in [0.3, 0.4) is 0 Å². The third-order valence-electron chi connectivity index (χ3n) is 2.29. The molecular formula is C13H10FNO3. The Labute approximate surface area is 103 Å². The molecule has 92 valence electrons. The molecule has 0 aliphatic heterocycles. The van der Waals surface area contributed by atoms with E-state index in [1.54, 1.807) is 6.92 Å². The summed E-state index contributed by atoms with van der Waals surface area (Å²) in [5.41, 5.74) is 0.504. The number of aromatic nitrogens is 1. The number of carbonyl (C=O) groups is 1. The van der Waals surface area contributed by atoms with Gasteiger partial charge in [-0.1, -0.05) is 6.07 Å². The van der Waals surface area contributed by atoms with E-state index < -0.39 is 5.97 Å². The smallest absolute Gasteiger partial charge is 0.354 e. The number of hydrogen-bond acceptors (Lipinski definition) is 3. The van der Waals surface area contributed by atoms with Crippen molar-refractivity contribution in [3.8, 4) is 11.6 Å². The largest absolute Gasteiger partial charge is 0.477 e. The Balaban J connectivity index is 2.28. The number of pyridine rings is 1. The van der Waals surface area contributed by atoms with Crippen molar-refractivity contribution in [3.05, 3.63) is 53.5 Å². The van der Waals surface area contributed by atoms with Crippen LogP contribution in [0.15, 0.2) is 36.4 Å². The first-order chi connectivity index (χ1) is 8.56. The Kier molecular flexibility index (Phi) is 3.23. The first kappa shape index (κ1) is 12.0. The van der Waals surface area contributed by atoms with Gasteiger partial charge in [0.05, 0.1) is 0 Å². The highest BCUT2D eigenvalue weighted by molar-refractivity contribution is 5.85. The molecule has 0 aliphatic rings. The first-order valence-electron chi connectivity index (χ1n) is 5.20. The summed E-state index contributed by atoms with van der Waals surface area (Å²) in [5.74, 6) is -0.889. The van der Waals surface area contributed by atoms with Gasteiger partial charge in [0.15, 0.2) is 5.69 Å². The molecule has 0 saturated heterocycles. The molecule has 5 heteroatoms. The zero-order valence-electron chi connectivity index (χ0n) is 9.55. The number of carboxylic acid groups (broad SMARTS) is 1. The zero-order valence-corrected chi connectivity index (χ0v) is 9.55. The first-order valence-corrected chi connectivity index (χ1v) is 5.20. The van der Waals surface area contributed by atoms with Crippen molar-refractivity contribution in [2.24, 2.45) is 0 Å². The number of rotatable bonds is 3. The number of ether oxygens (including phenoxy) is 1. The standard InChI is InChI=1S/C13H10FNO3/c1-8-7-9(14)5-6-11(8)18-12-4-2-3-10(15-12)13(16)17/h2-7H,1H3,(H,16,17). The summed E-state index contributed by atoms with van der Waals surface area (Å²) in [6.07, 6.45) is 0. The van der Waals surface area contributed by atoms with Crippen molar-refractivity contribution in [2.45, 2.75) is 6.92 Å². The Morgan fingerprint density at radius 3 is 2.78 bits per heavy atom. The normalized spacial score (nSPS) is 10.1. The minimum absolute atomic E-state index is 0.104. The van der Waals surface area contributed by atoms with Gasteiger partial charge >= 0.3 is 5.97 Å². The summed E-state index contributed by atoms with van der Waals surface area (Å²) >= 11 is 0. The quantitative estimate of drug-likeness (QED) is 0.905. The van der Waals surface area contributed by atoms with Crippen molar-refractivity contribution in [2.75, 3.05) is 0 Å². The third kappa shape index (κ3) is 2.63. The Morgan fingerprint density at radius 1 is 1.33 bits per heavy atom. The van der Waals surface area contributed by atoms with Crippen LogP contribution in [0.25, 0.3) is 0 Å².